The summed E-state index contributed by atoms with van der Waals surface area (Å²) in [6.07, 6.45) is 7.42. The number of esters is 2. The van der Waals surface area contributed by atoms with Gasteiger partial charge in [0.15, 0.2) is 0 Å². The molecule has 0 bridgehead atoms. The molecule has 3 rings (SSSR count). The van der Waals surface area contributed by atoms with E-state index in [1.54, 1.807) is 24.3 Å². The number of carbonyl (C=O) groups is 2. The maximum atomic E-state index is 11.7. The largest absolute Gasteiger partial charge is 0.507 e. The molecule has 3 aromatic carbocycles. The number of phenolic OH excluding ortho intramolecular Hbond substituents is 2. The Balaban J connectivity index is 1.78. The van der Waals surface area contributed by atoms with Crippen LogP contribution in [0.1, 0.15) is 43.0 Å². The monoisotopic (exact) mass is 508 g/mol. The standard InChI is InChI=1S/C26H21BrO6/c1-32-25(30)20-13-16(7-11-23(20)28)3-4-18-6-10-19(22(27)15-18)9-5-17-8-12-24(29)21(14-17)26(31)33-2/h3-15,28-29H,1-2H3/b4-3-,9-5+. The quantitative estimate of drug-likeness (QED) is 0.324. The molecule has 7 heteroatoms. The Morgan fingerprint density at radius 3 is 1.58 bits per heavy atom. The lowest BCUT2D eigenvalue weighted by atomic mass is 10.1. The normalized spacial score (nSPS) is 11.1. The van der Waals surface area contributed by atoms with E-state index in [1.807, 2.05) is 42.5 Å². The molecule has 0 spiro atoms. The highest BCUT2D eigenvalue weighted by molar-refractivity contribution is 9.10. The molecule has 0 saturated heterocycles. The summed E-state index contributed by atoms with van der Waals surface area (Å²) >= 11 is 3.56. The van der Waals surface area contributed by atoms with Crippen LogP contribution in [0.3, 0.4) is 0 Å². The molecule has 0 atom stereocenters. The fourth-order valence-corrected chi connectivity index (χ4v) is 3.55. The second-order valence-electron chi connectivity index (χ2n) is 6.98. The summed E-state index contributed by atoms with van der Waals surface area (Å²) in [6, 6.07) is 15.2. The smallest absolute Gasteiger partial charge is 0.341 e. The lowest BCUT2D eigenvalue weighted by molar-refractivity contribution is 0.0588. The maximum absolute atomic E-state index is 11.7. The van der Waals surface area contributed by atoms with Crippen LogP contribution in [0.15, 0.2) is 59.1 Å². The predicted molar refractivity (Wildman–Crippen MR) is 131 cm³/mol. The minimum absolute atomic E-state index is 0.101. The molecule has 3 aromatic rings. The van der Waals surface area contributed by atoms with Gasteiger partial charge >= 0.3 is 11.9 Å². The first-order chi connectivity index (χ1) is 15.8. The van der Waals surface area contributed by atoms with E-state index in [4.69, 9.17) is 0 Å². The Morgan fingerprint density at radius 2 is 1.12 bits per heavy atom. The summed E-state index contributed by atoms with van der Waals surface area (Å²) in [5.74, 6) is -1.48. The number of hydrogen-bond acceptors (Lipinski definition) is 6. The first-order valence-corrected chi connectivity index (χ1v) is 10.6. The Labute approximate surface area is 199 Å². The highest BCUT2D eigenvalue weighted by Crippen LogP contribution is 2.25. The van der Waals surface area contributed by atoms with E-state index in [9.17, 15) is 19.8 Å². The van der Waals surface area contributed by atoms with E-state index in [0.717, 1.165) is 26.7 Å². The number of carbonyl (C=O) groups excluding carboxylic acids is 2. The average molecular weight is 509 g/mol. The van der Waals surface area contributed by atoms with Crippen LogP contribution in [0, 0.1) is 0 Å². The molecular formula is C26H21BrO6. The van der Waals surface area contributed by atoms with Gasteiger partial charge in [-0.05, 0) is 52.6 Å². The number of methoxy groups -OCH3 is 2. The lowest BCUT2D eigenvalue weighted by Crippen LogP contribution is -2.01. The summed E-state index contributed by atoms with van der Waals surface area (Å²) in [4.78, 5) is 23.5. The zero-order valence-electron chi connectivity index (χ0n) is 17.9. The van der Waals surface area contributed by atoms with E-state index in [-0.39, 0.29) is 22.6 Å². The topological polar surface area (TPSA) is 93.1 Å². The van der Waals surface area contributed by atoms with Gasteiger partial charge in [0.25, 0.3) is 0 Å². The zero-order valence-corrected chi connectivity index (χ0v) is 19.5. The molecule has 0 saturated carbocycles. The minimum Gasteiger partial charge on any atom is -0.507 e. The van der Waals surface area contributed by atoms with Crippen LogP contribution in [-0.4, -0.2) is 36.4 Å². The molecule has 168 valence electrons. The molecule has 0 aromatic heterocycles. The van der Waals surface area contributed by atoms with Gasteiger partial charge in [-0.25, -0.2) is 9.59 Å². The molecule has 0 fully saturated rings. The summed E-state index contributed by atoms with van der Waals surface area (Å²) in [5, 5.41) is 19.6. The Hall–Kier alpha value is -3.84. The van der Waals surface area contributed by atoms with Gasteiger partial charge in [-0.1, -0.05) is 64.5 Å². The number of benzene rings is 3. The number of hydrogen-bond donors (Lipinski definition) is 2. The van der Waals surface area contributed by atoms with Gasteiger partial charge in [0, 0.05) is 4.47 Å². The van der Waals surface area contributed by atoms with E-state index in [1.165, 1.54) is 26.4 Å². The van der Waals surface area contributed by atoms with E-state index >= 15 is 0 Å². The summed E-state index contributed by atoms with van der Waals surface area (Å²) < 4.78 is 10.2. The first kappa shape index (κ1) is 23.8. The molecule has 33 heavy (non-hydrogen) atoms. The van der Waals surface area contributed by atoms with Gasteiger partial charge in [0.1, 0.15) is 22.6 Å². The van der Waals surface area contributed by atoms with Crippen molar-refractivity contribution in [3.05, 3.63) is 92.5 Å². The highest BCUT2D eigenvalue weighted by atomic mass is 79.9. The number of rotatable bonds is 6. The maximum Gasteiger partial charge on any atom is 0.341 e. The van der Waals surface area contributed by atoms with Crippen molar-refractivity contribution in [3.8, 4) is 11.5 Å². The van der Waals surface area contributed by atoms with Crippen LogP contribution < -0.4 is 0 Å². The number of ether oxygens (including phenoxy) is 2. The Morgan fingerprint density at radius 1 is 0.697 bits per heavy atom. The first-order valence-electron chi connectivity index (χ1n) is 9.80. The molecule has 0 aliphatic rings. The fraction of sp³-hybridized carbons (Fsp3) is 0.0769. The van der Waals surface area contributed by atoms with E-state index < -0.39 is 11.9 Å². The highest BCUT2D eigenvalue weighted by Gasteiger charge is 2.12. The zero-order chi connectivity index (χ0) is 24.0. The second kappa shape index (κ2) is 10.7. The van der Waals surface area contributed by atoms with Crippen molar-refractivity contribution in [2.24, 2.45) is 0 Å². The van der Waals surface area contributed by atoms with Crippen LogP contribution in [0.5, 0.6) is 11.5 Å². The SMILES string of the molecule is COC(=O)c1cc(/C=C\c2ccc(/C=C/c3ccc(O)c(C(=O)OC)c3)c(Br)c2)ccc1O. The number of halogens is 1. The van der Waals surface area contributed by atoms with Crippen molar-refractivity contribution in [1.29, 1.82) is 0 Å². The molecule has 0 heterocycles. The Kier molecular flexibility index (Phi) is 7.69. The molecule has 2 N–H and O–H groups in total. The van der Waals surface area contributed by atoms with Crippen molar-refractivity contribution in [3.63, 3.8) is 0 Å². The van der Waals surface area contributed by atoms with Crippen LogP contribution in [0.4, 0.5) is 0 Å². The van der Waals surface area contributed by atoms with Gasteiger partial charge in [-0.3, -0.25) is 0 Å². The minimum atomic E-state index is -0.604. The van der Waals surface area contributed by atoms with Crippen molar-refractivity contribution in [1.82, 2.24) is 0 Å². The van der Waals surface area contributed by atoms with Gasteiger partial charge in [0.05, 0.1) is 14.2 Å². The third kappa shape index (κ3) is 5.90. The summed E-state index contributed by atoms with van der Waals surface area (Å²) in [5.41, 5.74) is 3.51. The third-order valence-electron chi connectivity index (χ3n) is 4.80. The summed E-state index contributed by atoms with van der Waals surface area (Å²) in [7, 11) is 2.52. The fourth-order valence-electron chi connectivity index (χ4n) is 3.02. The average Bonchev–Trinajstić information content (AvgIpc) is 2.82. The van der Waals surface area contributed by atoms with Crippen LogP contribution >= 0.6 is 15.9 Å². The van der Waals surface area contributed by atoms with Gasteiger partial charge in [-0.2, -0.15) is 0 Å². The Bertz CT molecular complexity index is 1260. The van der Waals surface area contributed by atoms with Crippen LogP contribution in [0.2, 0.25) is 0 Å². The van der Waals surface area contributed by atoms with Crippen molar-refractivity contribution in [2.45, 2.75) is 0 Å². The molecule has 0 unspecified atom stereocenters. The van der Waals surface area contributed by atoms with Crippen molar-refractivity contribution >= 4 is 52.2 Å². The number of aromatic hydroxyl groups is 2. The van der Waals surface area contributed by atoms with E-state index in [0.29, 0.717) is 0 Å². The van der Waals surface area contributed by atoms with Gasteiger partial charge in [-0.15, -0.1) is 0 Å². The molecule has 0 radical (unpaired) electrons. The summed E-state index contributed by atoms with van der Waals surface area (Å²) in [6.45, 7) is 0. The number of phenols is 2. The van der Waals surface area contributed by atoms with Crippen molar-refractivity contribution in [2.75, 3.05) is 14.2 Å². The van der Waals surface area contributed by atoms with Gasteiger partial charge < -0.3 is 19.7 Å². The van der Waals surface area contributed by atoms with Gasteiger partial charge in [0.2, 0.25) is 0 Å². The predicted octanol–water partition coefficient (Wildman–Crippen LogP) is 5.77. The lowest BCUT2D eigenvalue weighted by Gasteiger charge is -2.05. The van der Waals surface area contributed by atoms with E-state index in [2.05, 4.69) is 25.4 Å². The van der Waals surface area contributed by atoms with Crippen LogP contribution in [0.25, 0.3) is 24.3 Å². The molecule has 0 aliphatic carbocycles. The second-order valence-corrected chi connectivity index (χ2v) is 7.84. The third-order valence-corrected chi connectivity index (χ3v) is 5.49. The molecule has 0 amide bonds. The van der Waals surface area contributed by atoms with Crippen LogP contribution in [-0.2, 0) is 9.47 Å². The molecule has 6 nitrogen and oxygen atoms in total. The molecule has 0 aliphatic heterocycles. The molecular weight excluding hydrogens is 488 g/mol. The van der Waals surface area contributed by atoms with Crippen molar-refractivity contribution < 1.29 is 29.3 Å².